The summed E-state index contributed by atoms with van der Waals surface area (Å²) in [6.45, 7) is 1.61. The average molecular weight is 275 g/mol. The van der Waals surface area contributed by atoms with E-state index in [-0.39, 0.29) is 17.9 Å². The molecule has 0 amide bonds. The van der Waals surface area contributed by atoms with Gasteiger partial charge in [-0.05, 0) is 24.1 Å². The van der Waals surface area contributed by atoms with Gasteiger partial charge in [0.25, 0.3) is 5.69 Å². The van der Waals surface area contributed by atoms with Crippen molar-refractivity contribution >= 4 is 5.69 Å². The Morgan fingerprint density at radius 3 is 2.65 bits per heavy atom. The lowest BCUT2D eigenvalue weighted by atomic mass is 9.99. The van der Waals surface area contributed by atoms with Gasteiger partial charge in [0.2, 0.25) is 0 Å². The number of halogens is 1. The minimum absolute atomic E-state index is 0.0228. The van der Waals surface area contributed by atoms with Crippen molar-refractivity contribution in [1.29, 1.82) is 0 Å². The standard InChI is InChI=1S/C15H14FNO3/c1-10-8-12(6-7-13(10)16)15(18)9-11-4-2-3-5-14(11)17(19)20/h2-8,15,18H,9H2,1H3. The molecule has 0 bridgehead atoms. The number of hydrogen-bond acceptors (Lipinski definition) is 3. The lowest BCUT2D eigenvalue weighted by molar-refractivity contribution is -0.385. The predicted molar refractivity (Wildman–Crippen MR) is 72.9 cm³/mol. The molecule has 0 heterocycles. The van der Waals surface area contributed by atoms with Gasteiger partial charge < -0.3 is 5.11 Å². The number of aryl methyl sites for hydroxylation is 1. The van der Waals surface area contributed by atoms with E-state index in [1.54, 1.807) is 31.2 Å². The molecular formula is C15H14FNO3. The summed E-state index contributed by atoms with van der Waals surface area (Å²) in [5.74, 6) is -0.341. The molecule has 2 rings (SSSR count). The van der Waals surface area contributed by atoms with E-state index < -0.39 is 11.0 Å². The number of benzene rings is 2. The molecule has 20 heavy (non-hydrogen) atoms. The third-order valence-corrected chi connectivity index (χ3v) is 3.17. The molecule has 5 heteroatoms. The maximum Gasteiger partial charge on any atom is 0.272 e. The average Bonchev–Trinajstić information content (AvgIpc) is 2.42. The Labute approximate surface area is 115 Å². The molecule has 2 aromatic carbocycles. The summed E-state index contributed by atoms with van der Waals surface area (Å²) in [5.41, 5.74) is 1.41. The van der Waals surface area contributed by atoms with Crippen LogP contribution in [0.5, 0.6) is 0 Å². The first-order valence-electron chi connectivity index (χ1n) is 6.15. The van der Waals surface area contributed by atoms with E-state index in [1.807, 2.05) is 0 Å². The Hall–Kier alpha value is -2.27. The van der Waals surface area contributed by atoms with Gasteiger partial charge in [0.15, 0.2) is 0 Å². The van der Waals surface area contributed by atoms with Crippen LogP contribution in [0.1, 0.15) is 22.8 Å². The molecule has 0 aromatic heterocycles. The van der Waals surface area contributed by atoms with Gasteiger partial charge in [-0.3, -0.25) is 10.1 Å². The fourth-order valence-electron chi connectivity index (χ4n) is 2.06. The van der Waals surface area contributed by atoms with Crippen LogP contribution in [-0.4, -0.2) is 10.0 Å². The summed E-state index contributed by atoms with van der Waals surface area (Å²) >= 11 is 0. The lowest BCUT2D eigenvalue weighted by Gasteiger charge is -2.12. The van der Waals surface area contributed by atoms with Gasteiger partial charge >= 0.3 is 0 Å². The molecule has 0 fully saturated rings. The van der Waals surface area contributed by atoms with E-state index >= 15 is 0 Å². The first kappa shape index (κ1) is 14.1. The highest BCUT2D eigenvalue weighted by molar-refractivity contribution is 5.41. The van der Waals surface area contributed by atoms with Crippen LogP contribution in [0.15, 0.2) is 42.5 Å². The third-order valence-electron chi connectivity index (χ3n) is 3.17. The molecule has 0 radical (unpaired) electrons. The Morgan fingerprint density at radius 1 is 1.30 bits per heavy atom. The molecule has 1 N–H and O–H groups in total. The van der Waals surface area contributed by atoms with E-state index in [9.17, 15) is 19.6 Å². The molecule has 2 aromatic rings. The van der Waals surface area contributed by atoms with Crippen LogP contribution >= 0.6 is 0 Å². The van der Waals surface area contributed by atoms with E-state index in [4.69, 9.17) is 0 Å². The van der Waals surface area contributed by atoms with Crippen LogP contribution < -0.4 is 0 Å². The van der Waals surface area contributed by atoms with Gasteiger partial charge in [0.1, 0.15) is 5.82 Å². The summed E-state index contributed by atoms with van der Waals surface area (Å²) in [5, 5.41) is 21.1. The smallest absolute Gasteiger partial charge is 0.272 e. The van der Waals surface area contributed by atoms with Crippen LogP contribution in [0, 0.1) is 22.9 Å². The second-order valence-corrected chi connectivity index (χ2v) is 4.61. The first-order valence-corrected chi connectivity index (χ1v) is 6.15. The number of nitro benzene ring substituents is 1. The Kier molecular flexibility index (Phi) is 4.10. The van der Waals surface area contributed by atoms with Crippen LogP contribution in [0.3, 0.4) is 0 Å². The van der Waals surface area contributed by atoms with Crippen LogP contribution in [0.25, 0.3) is 0 Å². The number of nitrogens with zero attached hydrogens (tertiary/aromatic N) is 1. The Morgan fingerprint density at radius 2 is 2.00 bits per heavy atom. The van der Waals surface area contributed by atoms with Crippen molar-refractivity contribution in [3.05, 3.63) is 75.1 Å². The summed E-state index contributed by atoms with van der Waals surface area (Å²) in [6, 6.07) is 10.6. The number of aliphatic hydroxyl groups excluding tert-OH is 1. The molecule has 0 spiro atoms. The molecule has 0 aliphatic carbocycles. The van der Waals surface area contributed by atoms with E-state index in [1.165, 1.54) is 18.2 Å². The topological polar surface area (TPSA) is 63.4 Å². The summed E-state index contributed by atoms with van der Waals surface area (Å²) in [4.78, 5) is 10.4. The fourth-order valence-corrected chi connectivity index (χ4v) is 2.06. The molecule has 0 saturated carbocycles. The Balaban J connectivity index is 2.25. The van der Waals surface area contributed by atoms with E-state index in [0.717, 1.165) is 0 Å². The molecular weight excluding hydrogens is 261 g/mol. The van der Waals surface area contributed by atoms with Crippen molar-refractivity contribution < 1.29 is 14.4 Å². The zero-order chi connectivity index (χ0) is 14.7. The second-order valence-electron chi connectivity index (χ2n) is 4.61. The van der Waals surface area contributed by atoms with Gasteiger partial charge in [0.05, 0.1) is 11.0 Å². The highest BCUT2D eigenvalue weighted by atomic mass is 19.1. The molecule has 4 nitrogen and oxygen atoms in total. The monoisotopic (exact) mass is 275 g/mol. The number of para-hydroxylation sites is 1. The minimum atomic E-state index is -0.907. The summed E-state index contributed by atoms with van der Waals surface area (Å²) in [7, 11) is 0. The number of hydrogen-bond donors (Lipinski definition) is 1. The molecule has 104 valence electrons. The maximum atomic E-state index is 13.2. The molecule has 0 aliphatic heterocycles. The van der Waals surface area contributed by atoms with E-state index in [2.05, 4.69) is 0 Å². The lowest BCUT2D eigenvalue weighted by Crippen LogP contribution is -2.05. The van der Waals surface area contributed by atoms with Crippen LogP contribution in [0.4, 0.5) is 10.1 Å². The van der Waals surface area contributed by atoms with Crippen molar-refractivity contribution in [3.63, 3.8) is 0 Å². The Bertz CT molecular complexity index is 643. The number of rotatable bonds is 4. The molecule has 0 saturated heterocycles. The van der Waals surface area contributed by atoms with Crippen LogP contribution in [0.2, 0.25) is 0 Å². The van der Waals surface area contributed by atoms with Crippen molar-refractivity contribution in [2.45, 2.75) is 19.4 Å². The maximum absolute atomic E-state index is 13.2. The van der Waals surface area contributed by atoms with Crippen molar-refractivity contribution in [2.24, 2.45) is 0 Å². The SMILES string of the molecule is Cc1cc(C(O)Cc2ccccc2[N+](=O)[O-])ccc1F. The fraction of sp³-hybridized carbons (Fsp3) is 0.200. The zero-order valence-electron chi connectivity index (χ0n) is 10.9. The molecule has 0 aliphatic rings. The van der Waals surface area contributed by atoms with Gasteiger partial charge in [0, 0.05) is 18.1 Å². The van der Waals surface area contributed by atoms with Gasteiger partial charge in [-0.15, -0.1) is 0 Å². The number of aliphatic hydroxyl groups is 1. The molecule has 1 atom stereocenters. The summed E-state index contributed by atoms with van der Waals surface area (Å²) < 4.78 is 13.2. The van der Waals surface area contributed by atoms with Crippen molar-refractivity contribution in [1.82, 2.24) is 0 Å². The van der Waals surface area contributed by atoms with Gasteiger partial charge in [-0.25, -0.2) is 4.39 Å². The van der Waals surface area contributed by atoms with Crippen LogP contribution in [-0.2, 0) is 6.42 Å². The highest BCUT2D eigenvalue weighted by Crippen LogP contribution is 2.25. The summed E-state index contributed by atoms with van der Waals surface area (Å²) in [6.07, 6.45) is -0.794. The predicted octanol–water partition coefficient (Wildman–Crippen LogP) is 3.32. The largest absolute Gasteiger partial charge is 0.388 e. The highest BCUT2D eigenvalue weighted by Gasteiger charge is 2.17. The van der Waals surface area contributed by atoms with Crippen molar-refractivity contribution in [3.8, 4) is 0 Å². The third kappa shape index (κ3) is 3.00. The van der Waals surface area contributed by atoms with Gasteiger partial charge in [-0.2, -0.15) is 0 Å². The zero-order valence-corrected chi connectivity index (χ0v) is 10.9. The minimum Gasteiger partial charge on any atom is -0.388 e. The van der Waals surface area contributed by atoms with Crippen molar-refractivity contribution in [2.75, 3.05) is 0 Å². The van der Waals surface area contributed by atoms with Gasteiger partial charge in [-0.1, -0.05) is 30.3 Å². The normalized spacial score (nSPS) is 12.2. The second kappa shape index (κ2) is 5.79. The molecule has 1 unspecified atom stereocenters. The first-order chi connectivity index (χ1) is 9.49. The quantitative estimate of drug-likeness (QED) is 0.687. The number of nitro groups is 1. The van der Waals surface area contributed by atoms with E-state index in [0.29, 0.717) is 16.7 Å².